The molecule has 0 unspecified atom stereocenters. The van der Waals surface area contributed by atoms with Crippen LogP contribution in [0.3, 0.4) is 0 Å². The largest absolute Gasteiger partial charge is 0.733 e. The molecule has 3 aromatic carbocycles. The highest BCUT2D eigenvalue weighted by atomic mass is 16.9. The average Bonchev–Trinajstić information content (AvgIpc) is 3.33. The maximum Gasteiger partial charge on any atom is 0.225 e. The van der Waals surface area contributed by atoms with Crippen LogP contribution in [0, 0.1) is 5.21 Å². The fraction of sp³-hybridized carbons (Fsp3) is 0.160. The van der Waals surface area contributed by atoms with Gasteiger partial charge in [0.05, 0.1) is 19.0 Å². The molecule has 0 fully saturated rings. The summed E-state index contributed by atoms with van der Waals surface area (Å²) in [7, 11) is 1.36. The predicted octanol–water partition coefficient (Wildman–Crippen LogP) is 6.66. The first-order chi connectivity index (χ1) is 14.6. The zero-order valence-corrected chi connectivity index (χ0v) is 17.2. The van der Waals surface area contributed by atoms with Crippen LogP contribution in [0.2, 0.25) is 0 Å². The van der Waals surface area contributed by atoms with E-state index in [1.165, 1.54) is 12.7 Å². The number of hydrogen-bond donors (Lipinski definition) is 0. The third-order valence-electron chi connectivity index (χ3n) is 5.14. The van der Waals surface area contributed by atoms with Crippen LogP contribution < -0.4 is 5.23 Å². The SMILES string of the molecule is CON([O-])c1ccccc1-c1ccc(-c2ncco2)cc1-c1ccc(C(C)C)cc1. The van der Waals surface area contributed by atoms with Crippen LogP contribution in [0.15, 0.2) is 83.6 Å². The molecule has 0 spiro atoms. The van der Waals surface area contributed by atoms with Gasteiger partial charge < -0.3 is 14.9 Å². The smallest absolute Gasteiger partial charge is 0.225 e. The van der Waals surface area contributed by atoms with Crippen LogP contribution >= 0.6 is 0 Å². The first kappa shape index (κ1) is 19.9. The number of oxazole rings is 1. The number of anilines is 1. The van der Waals surface area contributed by atoms with Gasteiger partial charge in [0, 0.05) is 11.1 Å². The molecular formula is C25H23N2O3-. The number of nitrogens with zero attached hydrogens (tertiary/aromatic N) is 2. The zero-order valence-electron chi connectivity index (χ0n) is 17.2. The molecule has 4 rings (SSSR count). The molecule has 0 saturated carbocycles. The molecule has 152 valence electrons. The third kappa shape index (κ3) is 3.85. The Hall–Kier alpha value is -3.41. The first-order valence-electron chi connectivity index (χ1n) is 9.83. The number of benzene rings is 3. The highest BCUT2D eigenvalue weighted by molar-refractivity contribution is 5.91. The van der Waals surface area contributed by atoms with Crippen molar-refractivity contribution in [2.75, 3.05) is 12.3 Å². The van der Waals surface area contributed by atoms with E-state index in [4.69, 9.17) is 9.25 Å². The Morgan fingerprint density at radius 3 is 2.30 bits per heavy atom. The lowest BCUT2D eigenvalue weighted by Crippen LogP contribution is -2.13. The Morgan fingerprint density at radius 2 is 1.63 bits per heavy atom. The van der Waals surface area contributed by atoms with E-state index >= 15 is 0 Å². The van der Waals surface area contributed by atoms with Crippen molar-refractivity contribution in [3.63, 3.8) is 0 Å². The van der Waals surface area contributed by atoms with E-state index in [-0.39, 0.29) is 0 Å². The van der Waals surface area contributed by atoms with Crippen LogP contribution in [-0.4, -0.2) is 12.1 Å². The second-order valence-corrected chi connectivity index (χ2v) is 7.33. The Kier molecular flexibility index (Phi) is 5.65. The van der Waals surface area contributed by atoms with Gasteiger partial charge in [0.2, 0.25) is 5.89 Å². The highest BCUT2D eigenvalue weighted by Gasteiger charge is 2.15. The summed E-state index contributed by atoms with van der Waals surface area (Å²) in [6, 6.07) is 21.9. The lowest BCUT2D eigenvalue weighted by Gasteiger charge is -2.29. The molecule has 30 heavy (non-hydrogen) atoms. The highest BCUT2D eigenvalue weighted by Crippen LogP contribution is 2.39. The van der Waals surface area contributed by atoms with E-state index < -0.39 is 0 Å². The second-order valence-electron chi connectivity index (χ2n) is 7.33. The molecular weight excluding hydrogens is 376 g/mol. The Bertz CT molecular complexity index is 1120. The van der Waals surface area contributed by atoms with E-state index in [1.54, 1.807) is 18.5 Å². The van der Waals surface area contributed by atoms with Gasteiger partial charge in [0.25, 0.3) is 0 Å². The topological polar surface area (TPSA) is 61.6 Å². The van der Waals surface area contributed by atoms with E-state index in [0.717, 1.165) is 27.8 Å². The summed E-state index contributed by atoms with van der Waals surface area (Å²) in [5, 5.41) is 12.8. The molecule has 4 aromatic rings. The number of para-hydroxylation sites is 1. The summed E-state index contributed by atoms with van der Waals surface area (Å²) in [5.74, 6) is 1.01. The van der Waals surface area contributed by atoms with Crippen molar-refractivity contribution in [2.24, 2.45) is 0 Å². The Labute approximate surface area is 176 Å². The lowest BCUT2D eigenvalue weighted by atomic mass is 9.90. The van der Waals surface area contributed by atoms with Crippen molar-refractivity contribution in [2.45, 2.75) is 19.8 Å². The number of rotatable bonds is 6. The van der Waals surface area contributed by atoms with Crippen molar-refractivity contribution >= 4 is 5.69 Å². The lowest BCUT2D eigenvalue weighted by molar-refractivity contribution is 0.198. The maximum atomic E-state index is 12.3. The van der Waals surface area contributed by atoms with E-state index in [2.05, 4.69) is 43.1 Å². The molecule has 0 aliphatic heterocycles. The van der Waals surface area contributed by atoms with Crippen LogP contribution in [0.25, 0.3) is 33.7 Å². The minimum absolute atomic E-state index is 0.448. The normalized spacial score (nSPS) is 11.1. The molecule has 1 aromatic heterocycles. The van der Waals surface area contributed by atoms with Crippen molar-refractivity contribution in [3.05, 3.63) is 90.0 Å². The Balaban J connectivity index is 1.91. The first-order valence-corrected chi connectivity index (χ1v) is 9.83. The summed E-state index contributed by atoms with van der Waals surface area (Å²) >= 11 is 0. The van der Waals surface area contributed by atoms with Crippen molar-refractivity contribution < 1.29 is 9.25 Å². The van der Waals surface area contributed by atoms with Crippen LogP contribution in [0.5, 0.6) is 0 Å². The van der Waals surface area contributed by atoms with Gasteiger partial charge in [-0.1, -0.05) is 62.4 Å². The maximum absolute atomic E-state index is 12.3. The standard InChI is InChI=1S/C25H23N2O3/c1-17(2)18-8-10-19(11-9-18)23-16-20(25-26-14-15-30-25)12-13-21(23)22-6-4-5-7-24(22)27(28)29-3/h4-17H,1-3H3/q-1. The van der Waals surface area contributed by atoms with Crippen LogP contribution in [-0.2, 0) is 4.84 Å². The van der Waals surface area contributed by atoms with Gasteiger partial charge in [-0.25, -0.2) is 4.98 Å². The van der Waals surface area contributed by atoms with E-state index in [1.807, 2.05) is 36.4 Å². The van der Waals surface area contributed by atoms with Gasteiger partial charge in [-0.3, -0.25) is 4.84 Å². The van der Waals surface area contributed by atoms with E-state index in [0.29, 0.717) is 22.7 Å². The second kappa shape index (κ2) is 8.53. The predicted molar refractivity (Wildman–Crippen MR) is 120 cm³/mol. The molecule has 0 radical (unpaired) electrons. The summed E-state index contributed by atoms with van der Waals surface area (Å²) in [6.45, 7) is 4.35. The summed E-state index contributed by atoms with van der Waals surface area (Å²) in [4.78, 5) is 9.20. The van der Waals surface area contributed by atoms with Crippen LogP contribution in [0.4, 0.5) is 5.69 Å². The summed E-state index contributed by atoms with van der Waals surface area (Å²) < 4.78 is 5.50. The molecule has 0 saturated heterocycles. The zero-order chi connectivity index (χ0) is 21.1. The van der Waals surface area contributed by atoms with Crippen molar-refractivity contribution in [3.8, 4) is 33.7 Å². The monoisotopic (exact) mass is 399 g/mol. The molecule has 5 heteroatoms. The fourth-order valence-electron chi connectivity index (χ4n) is 3.52. The average molecular weight is 399 g/mol. The minimum atomic E-state index is 0.448. The van der Waals surface area contributed by atoms with E-state index in [9.17, 15) is 5.21 Å². The van der Waals surface area contributed by atoms with Gasteiger partial charge in [0.1, 0.15) is 6.26 Å². The Morgan fingerprint density at radius 1 is 0.900 bits per heavy atom. The number of hydrogen-bond acceptors (Lipinski definition) is 5. The quantitative estimate of drug-likeness (QED) is 0.339. The molecule has 0 aliphatic rings. The molecule has 1 heterocycles. The molecule has 0 N–H and O–H groups in total. The van der Waals surface area contributed by atoms with Crippen molar-refractivity contribution in [1.82, 2.24) is 4.98 Å². The molecule has 0 amide bonds. The third-order valence-corrected chi connectivity index (χ3v) is 5.14. The summed E-state index contributed by atoms with van der Waals surface area (Å²) in [5.41, 5.74) is 6.34. The van der Waals surface area contributed by atoms with Gasteiger partial charge in [-0.2, -0.15) is 0 Å². The van der Waals surface area contributed by atoms with Gasteiger partial charge in [0.15, 0.2) is 0 Å². The van der Waals surface area contributed by atoms with Gasteiger partial charge >= 0.3 is 0 Å². The molecule has 5 nitrogen and oxygen atoms in total. The molecule has 0 aliphatic carbocycles. The fourth-order valence-corrected chi connectivity index (χ4v) is 3.52. The van der Waals surface area contributed by atoms with Crippen LogP contribution in [0.1, 0.15) is 25.3 Å². The molecule has 0 atom stereocenters. The minimum Gasteiger partial charge on any atom is -0.733 e. The van der Waals surface area contributed by atoms with Gasteiger partial charge in [-0.15, -0.1) is 0 Å². The van der Waals surface area contributed by atoms with Gasteiger partial charge in [-0.05, 0) is 46.4 Å². The van der Waals surface area contributed by atoms with Crippen molar-refractivity contribution in [1.29, 1.82) is 0 Å². The summed E-state index contributed by atoms with van der Waals surface area (Å²) in [6.07, 6.45) is 3.19. The molecule has 0 bridgehead atoms. The number of aromatic nitrogens is 1.